The van der Waals surface area contributed by atoms with E-state index < -0.39 is 0 Å². The van der Waals surface area contributed by atoms with Crippen LogP contribution < -0.4 is 5.32 Å². The summed E-state index contributed by atoms with van der Waals surface area (Å²) in [5.41, 5.74) is 0. The molecular weight excluding hydrogens is 200 g/mol. The summed E-state index contributed by atoms with van der Waals surface area (Å²) in [6.45, 7) is 7.55. The van der Waals surface area contributed by atoms with Crippen LogP contribution in [0.4, 0.5) is 0 Å². The van der Waals surface area contributed by atoms with Gasteiger partial charge in [0, 0.05) is 24.9 Å². The van der Waals surface area contributed by atoms with Crippen LogP contribution in [0.5, 0.6) is 0 Å². The summed E-state index contributed by atoms with van der Waals surface area (Å²) in [6.07, 6.45) is 4.36. The van der Waals surface area contributed by atoms with Crippen molar-refractivity contribution >= 4 is 0 Å². The highest BCUT2D eigenvalue weighted by molar-refractivity contribution is 4.98. The first kappa shape index (κ1) is 11.6. The summed E-state index contributed by atoms with van der Waals surface area (Å²) >= 11 is 0. The van der Waals surface area contributed by atoms with Gasteiger partial charge in [0.1, 0.15) is 5.82 Å². The lowest BCUT2D eigenvalue weighted by molar-refractivity contribution is 0.329. The van der Waals surface area contributed by atoms with Crippen LogP contribution in [0.3, 0.4) is 0 Å². The molecule has 1 aliphatic rings. The topological polar surface area (TPSA) is 42.7 Å². The molecule has 0 aliphatic carbocycles. The van der Waals surface area contributed by atoms with E-state index in [2.05, 4.69) is 40.9 Å². The maximum Gasteiger partial charge on any atom is 0.150 e. The minimum atomic E-state index is 0.564. The van der Waals surface area contributed by atoms with E-state index in [4.69, 9.17) is 0 Å². The van der Waals surface area contributed by atoms with Crippen LogP contribution in [0.2, 0.25) is 0 Å². The lowest BCUT2D eigenvalue weighted by Gasteiger charge is -2.26. The van der Waals surface area contributed by atoms with Crippen LogP contribution in [0.15, 0.2) is 0 Å². The second-order valence-corrected chi connectivity index (χ2v) is 4.69. The van der Waals surface area contributed by atoms with E-state index in [1.54, 1.807) is 0 Å². The molecule has 0 bridgehead atoms. The zero-order chi connectivity index (χ0) is 11.5. The van der Waals surface area contributed by atoms with Gasteiger partial charge in [0.25, 0.3) is 0 Å². The second kappa shape index (κ2) is 4.95. The van der Waals surface area contributed by atoms with Crippen molar-refractivity contribution in [1.82, 2.24) is 20.1 Å². The summed E-state index contributed by atoms with van der Waals surface area (Å²) in [4.78, 5) is 4.53. The number of nitrogens with zero attached hydrogens (tertiary/aromatic N) is 3. The quantitative estimate of drug-likeness (QED) is 0.840. The van der Waals surface area contributed by atoms with Crippen molar-refractivity contribution in [1.29, 1.82) is 0 Å². The van der Waals surface area contributed by atoms with Crippen molar-refractivity contribution in [2.45, 2.75) is 65.1 Å². The fourth-order valence-corrected chi connectivity index (χ4v) is 2.17. The van der Waals surface area contributed by atoms with E-state index in [9.17, 15) is 0 Å². The van der Waals surface area contributed by atoms with Crippen LogP contribution in [0.1, 0.15) is 45.3 Å². The van der Waals surface area contributed by atoms with Gasteiger partial charge in [-0.1, -0.05) is 13.8 Å². The Hall–Kier alpha value is -0.900. The maximum atomic E-state index is 4.53. The Kier molecular flexibility index (Phi) is 3.59. The number of hydrogen-bond acceptors (Lipinski definition) is 3. The zero-order valence-electron chi connectivity index (χ0n) is 10.5. The van der Waals surface area contributed by atoms with Crippen molar-refractivity contribution in [3.05, 3.63) is 11.6 Å². The van der Waals surface area contributed by atoms with Crippen molar-refractivity contribution in [3.8, 4) is 0 Å². The number of hydrogen-bond donors (Lipinski definition) is 1. The van der Waals surface area contributed by atoms with Gasteiger partial charge in [-0.2, -0.15) is 5.10 Å². The van der Waals surface area contributed by atoms with Crippen molar-refractivity contribution in [2.75, 3.05) is 0 Å². The van der Waals surface area contributed by atoms with Crippen molar-refractivity contribution in [3.63, 3.8) is 0 Å². The molecule has 2 unspecified atom stereocenters. The SMILES string of the molecule is CCc1nc2n(n1)CC(NC(C)CC)CC2. The standard InChI is InChI=1S/C12H22N4/c1-4-9(3)13-10-6-7-12-14-11(5-2)15-16(12)8-10/h9-10,13H,4-8H2,1-3H3. The molecule has 1 aliphatic heterocycles. The third-order valence-corrected chi connectivity index (χ3v) is 3.35. The molecule has 0 fully saturated rings. The first-order chi connectivity index (χ1) is 7.72. The third kappa shape index (κ3) is 2.43. The van der Waals surface area contributed by atoms with Gasteiger partial charge in [0.05, 0.1) is 6.54 Å². The largest absolute Gasteiger partial charge is 0.310 e. The number of aromatic nitrogens is 3. The Morgan fingerprint density at radius 1 is 1.50 bits per heavy atom. The van der Waals surface area contributed by atoms with Gasteiger partial charge in [0.2, 0.25) is 0 Å². The van der Waals surface area contributed by atoms with E-state index in [1.165, 1.54) is 18.7 Å². The van der Waals surface area contributed by atoms with Crippen LogP contribution in [-0.4, -0.2) is 26.8 Å². The summed E-state index contributed by atoms with van der Waals surface area (Å²) < 4.78 is 2.09. The molecule has 0 saturated carbocycles. The third-order valence-electron chi connectivity index (χ3n) is 3.35. The predicted molar refractivity (Wildman–Crippen MR) is 64.4 cm³/mol. The monoisotopic (exact) mass is 222 g/mol. The molecular formula is C12H22N4. The van der Waals surface area contributed by atoms with Crippen LogP contribution in [0, 0.1) is 0 Å². The fourth-order valence-electron chi connectivity index (χ4n) is 2.17. The van der Waals surface area contributed by atoms with Crippen LogP contribution in [-0.2, 0) is 19.4 Å². The number of nitrogens with one attached hydrogen (secondary N) is 1. The molecule has 2 heterocycles. The normalized spacial score (nSPS) is 21.8. The van der Waals surface area contributed by atoms with Gasteiger partial charge < -0.3 is 5.32 Å². The summed E-state index contributed by atoms with van der Waals surface area (Å²) in [6, 6.07) is 1.16. The second-order valence-electron chi connectivity index (χ2n) is 4.69. The van der Waals surface area contributed by atoms with Gasteiger partial charge in [0.15, 0.2) is 5.82 Å². The Bertz CT molecular complexity index is 345. The number of fused-ring (bicyclic) bond motifs is 1. The van der Waals surface area contributed by atoms with Crippen molar-refractivity contribution in [2.24, 2.45) is 0 Å². The Morgan fingerprint density at radius 2 is 2.31 bits per heavy atom. The molecule has 0 radical (unpaired) electrons. The van der Waals surface area contributed by atoms with Crippen LogP contribution in [0.25, 0.3) is 0 Å². The van der Waals surface area contributed by atoms with Gasteiger partial charge in [-0.15, -0.1) is 0 Å². The molecule has 0 aromatic carbocycles. The average molecular weight is 222 g/mol. The molecule has 0 saturated heterocycles. The molecule has 0 spiro atoms. The molecule has 16 heavy (non-hydrogen) atoms. The molecule has 1 aromatic rings. The highest BCUT2D eigenvalue weighted by Crippen LogP contribution is 2.14. The minimum absolute atomic E-state index is 0.564. The smallest absolute Gasteiger partial charge is 0.150 e. The fraction of sp³-hybridized carbons (Fsp3) is 0.833. The number of rotatable bonds is 4. The van der Waals surface area contributed by atoms with E-state index in [1.807, 2.05) is 0 Å². The summed E-state index contributed by atoms with van der Waals surface area (Å²) in [7, 11) is 0. The van der Waals surface area contributed by atoms with E-state index in [0.717, 1.165) is 25.2 Å². The van der Waals surface area contributed by atoms with E-state index in [-0.39, 0.29) is 0 Å². The first-order valence-electron chi connectivity index (χ1n) is 6.41. The molecule has 2 rings (SSSR count). The molecule has 1 aromatic heterocycles. The Morgan fingerprint density at radius 3 is 3.00 bits per heavy atom. The number of aryl methyl sites for hydroxylation is 2. The summed E-state index contributed by atoms with van der Waals surface area (Å²) in [5, 5.41) is 8.17. The molecule has 4 heteroatoms. The van der Waals surface area contributed by atoms with Gasteiger partial charge in [-0.05, 0) is 19.8 Å². The predicted octanol–water partition coefficient (Wildman–Crippen LogP) is 1.54. The molecule has 2 atom stereocenters. The highest BCUT2D eigenvalue weighted by atomic mass is 15.4. The zero-order valence-corrected chi connectivity index (χ0v) is 10.5. The minimum Gasteiger partial charge on any atom is -0.310 e. The molecule has 90 valence electrons. The Labute approximate surface area is 97.5 Å². The average Bonchev–Trinajstić information content (AvgIpc) is 2.71. The maximum absolute atomic E-state index is 4.53. The lowest BCUT2D eigenvalue weighted by atomic mass is 10.1. The Balaban J connectivity index is 2.00. The van der Waals surface area contributed by atoms with Crippen molar-refractivity contribution < 1.29 is 0 Å². The highest BCUT2D eigenvalue weighted by Gasteiger charge is 2.21. The lowest BCUT2D eigenvalue weighted by Crippen LogP contribution is -2.42. The van der Waals surface area contributed by atoms with E-state index in [0.29, 0.717) is 12.1 Å². The van der Waals surface area contributed by atoms with Gasteiger partial charge in [-0.25, -0.2) is 9.67 Å². The molecule has 0 amide bonds. The van der Waals surface area contributed by atoms with Gasteiger partial charge >= 0.3 is 0 Å². The van der Waals surface area contributed by atoms with Crippen LogP contribution >= 0.6 is 0 Å². The van der Waals surface area contributed by atoms with E-state index >= 15 is 0 Å². The van der Waals surface area contributed by atoms with Gasteiger partial charge in [-0.3, -0.25) is 0 Å². The molecule has 1 N–H and O–H groups in total. The molecule has 4 nitrogen and oxygen atoms in total. The first-order valence-corrected chi connectivity index (χ1v) is 6.41. The summed E-state index contributed by atoms with van der Waals surface area (Å²) in [5.74, 6) is 2.15.